The molecule has 1 N–H and O–H groups in total. The third-order valence-corrected chi connectivity index (χ3v) is 2.81. The zero-order valence-electron chi connectivity index (χ0n) is 10.4. The molecule has 0 aliphatic heterocycles. The first-order valence-electron chi connectivity index (χ1n) is 6.09. The Bertz CT molecular complexity index is 390. The third kappa shape index (κ3) is 4.09. The van der Waals surface area contributed by atoms with Crippen molar-refractivity contribution in [2.75, 3.05) is 6.61 Å². The fourth-order valence-corrected chi connectivity index (χ4v) is 1.60. The molecule has 0 aliphatic rings. The molecule has 0 radical (unpaired) electrons. The fourth-order valence-electron chi connectivity index (χ4n) is 1.60. The van der Waals surface area contributed by atoms with Gasteiger partial charge in [-0.2, -0.15) is 0 Å². The van der Waals surface area contributed by atoms with Crippen LogP contribution in [0.1, 0.15) is 39.5 Å². The Balaban J connectivity index is 2.54. The van der Waals surface area contributed by atoms with Gasteiger partial charge in [-0.15, -0.1) is 5.10 Å². The van der Waals surface area contributed by atoms with Gasteiger partial charge in [-0.05, 0) is 12.3 Å². The highest BCUT2D eigenvalue weighted by atomic mass is 16.5. The summed E-state index contributed by atoms with van der Waals surface area (Å²) < 4.78 is 5.43. The predicted octanol–water partition coefficient (Wildman–Crippen LogP) is 2.08. The first-order valence-corrected chi connectivity index (χ1v) is 6.09. The minimum atomic E-state index is -0.613. The lowest BCUT2D eigenvalue weighted by Gasteiger charge is -2.14. The number of unbranched alkanes of at least 4 members (excludes halogenated alkanes) is 1. The topological polar surface area (TPSA) is 64.3 Å². The highest BCUT2D eigenvalue weighted by Gasteiger charge is 2.09. The molecule has 0 amide bonds. The molecule has 1 atom stereocenters. The normalized spacial score (nSPS) is 12.4. The van der Waals surface area contributed by atoms with Gasteiger partial charge in [-0.3, -0.25) is 4.79 Å². The van der Waals surface area contributed by atoms with Crippen molar-refractivity contribution in [2.45, 2.75) is 39.5 Å². The molecule has 0 saturated carbocycles. The van der Waals surface area contributed by atoms with Gasteiger partial charge in [0.15, 0.2) is 5.75 Å². The number of hydrogen-bond donors (Lipinski definition) is 1. The first-order chi connectivity index (χ1) is 8.19. The SMILES string of the molecule is CCCCC(CC)COc1ccnn(O)c1=O. The van der Waals surface area contributed by atoms with E-state index in [1.54, 1.807) is 0 Å². The van der Waals surface area contributed by atoms with E-state index in [-0.39, 0.29) is 5.75 Å². The smallest absolute Gasteiger partial charge is 0.344 e. The summed E-state index contributed by atoms with van der Waals surface area (Å²) in [6, 6.07) is 1.47. The number of nitrogens with zero attached hydrogens (tertiary/aromatic N) is 2. The summed E-state index contributed by atoms with van der Waals surface area (Å²) in [6.45, 7) is 4.77. The Morgan fingerprint density at radius 3 is 2.94 bits per heavy atom. The summed E-state index contributed by atoms with van der Waals surface area (Å²) >= 11 is 0. The third-order valence-electron chi connectivity index (χ3n) is 2.81. The Morgan fingerprint density at radius 2 is 2.29 bits per heavy atom. The highest BCUT2D eigenvalue weighted by Crippen LogP contribution is 2.13. The summed E-state index contributed by atoms with van der Waals surface area (Å²) in [6.07, 6.45) is 5.80. The van der Waals surface area contributed by atoms with Crippen LogP contribution in [0.2, 0.25) is 0 Å². The summed E-state index contributed by atoms with van der Waals surface area (Å²) in [4.78, 5) is 11.7. The molecule has 0 fully saturated rings. The second-order valence-electron chi connectivity index (χ2n) is 4.12. The van der Waals surface area contributed by atoms with Crippen molar-refractivity contribution >= 4 is 0 Å². The minimum Gasteiger partial charge on any atom is -0.487 e. The Labute approximate surface area is 101 Å². The molecule has 0 saturated heterocycles. The number of aromatic nitrogens is 2. The molecule has 0 aromatic carbocycles. The van der Waals surface area contributed by atoms with Crippen LogP contribution in [-0.4, -0.2) is 21.8 Å². The van der Waals surface area contributed by atoms with Crippen molar-refractivity contribution in [3.63, 3.8) is 0 Å². The maximum Gasteiger partial charge on any atom is 0.344 e. The van der Waals surface area contributed by atoms with E-state index >= 15 is 0 Å². The Kier molecular flexibility index (Phi) is 5.52. The Hall–Kier alpha value is -1.52. The molecule has 5 heteroatoms. The van der Waals surface area contributed by atoms with Gasteiger partial charge in [0.2, 0.25) is 0 Å². The first kappa shape index (κ1) is 13.5. The van der Waals surface area contributed by atoms with E-state index in [1.807, 2.05) is 0 Å². The maximum atomic E-state index is 11.4. The highest BCUT2D eigenvalue weighted by molar-refractivity contribution is 5.13. The summed E-state index contributed by atoms with van der Waals surface area (Å²) in [5.74, 6) is 0.604. The molecule has 1 unspecified atom stereocenters. The minimum absolute atomic E-state index is 0.150. The van der Waals surface area contributed by atoms with Crippen LogP contribution in [0.5, 0.6) is 5.75 Å². The molecule has 17 heavy (non-hydrogen) atoms. The van der Waals surface area contributed by atoms with Crippen molar-refractivity contribution in [1.29, 1.82) is 0 Å². The predicted molar refractivity (Wildman–Crippen MR) is 64.5 cm³/mol. The van der Waals surface area contributed by atoms with Crippen molar-refractivity contribution in [3.05, 3.63) is 22.6 Å². The van der Waals surface area contributed by atoms with E-state index in [2.05, 4.69) is 18.9 Å². The molecule has 1 heterocycles. The molecule has 0 aliphatic carbocycles. The van der Waals surface area contributed by atoms with E-state index in [1.165, 1.54) is 18.7 Å². The van der Waals surface area contributed by atoms with Crippen LogP contribution in [0.3, 0.4) is 0 Å². The number of ether oxygens (including phenoxy) is 1. The maximum absolute atomic E-state index is 11.4. The number of hydrogen-bond acceptors (Lipinski definition) is 4. The zero-order chi connectivity index (χ0) is 12.7. The molecular weight excluding hydrogens is 220 g/mol. The van der Waals surface area contributed by atoms with Gasteiger partial charge in [0.05, 0.1) is 12.8 Å². The second-order valence-corrected chi connectivity index (χ2v) is 4.12. The van der Waals surface area contributed by atoms with E-state index in [0.717, 1.165) is 19.3 Å². The van der Waals surface area contributed by atoms with Gasteiger partial charge in [-0.25, -0.2) is 0 Å². The van der Waals surface area contributed by atoms with Crippen molar-refractivity contribution < 1.29 is 9.94 Å². The molecule has 1 aromatic rings. The van der Waals surface area contributed by atoms with Crippen LogP contribution in [0.4, 0.5) is 0 Å². The standard InChI is InChI=1S/C12H20N2O3/c1-3-5-6-10(4-2)9-17-11-7-8-13-14(16)12(11)15/h7-8,10,16H,3-6,9H2,1-2H3. The summed E-state index contributed by atoms with van der Waals surface area (Å²) in [5.41, 5.74) is -0.613. The van der Waals surface area contributed by atoms with Gasteiger partial charge in [-0.1, -0.05) is 38.0 Å². The molecule has 1 aromatic heterocycles. The lowest BCUT2D eigenvalue weighted by Crippen LogP contribution is -2.23. The van der Waals surface area contributed by atoms with Crippen LogP contribution >= 0.6 is 0 Å². The van der Waals surface area contributed by atoms with E-state index in [0.29, 0.717) is 17.4 Å². The van der Waals surface area contributed by atoms with Crippen molar-refractivity contribution in [1.82, 2.24) is 9.94 Å². The monoisotopic (exact) mass is 240 g/mol. The summed E-state index contributed by atoms with van der Waals surface area (Å²) in [7, 11) is 0. The summed E-state index contributed by atoms with van der Waals surface area (Å²) in [5, 5.41) is 12.5. The quantitative estimate of drug-likeness (QED) is 0.741. The zero-order valence-corrected chi connectivity index (χ0v) is 10.4. The Morgan fingerprint density at radius 1 is 1.53 bits per heavy atom. The molecule has 1 rings (SSSR count). The van der Waals surface area contributed by atoms with Crippen LogP contribution < -0.4 is 10.3 Å². The van der Waals surface area contributed by atoms with Crippen molar-refractivity contribution in [2.24, 2.45) is 5.92 Å². The van der Waals surface area contributed by atoms with E-state index < -0.39 is 5.56 Å². The van der Waals surface area contributed by atoms with Gasteiger partial charge in [0.25, 0.3) is 0 Å². The van der Waals surface area contributed by atoms with Gasteiger partial charge in [0, 0.05) is 6.07 Å². The van der Waals surface area contributed by atoms with Crippen LogP contribution in [-0.2, 0) is 0 Å². The van der Waals surface area contributed by atoms with Crippen LogP contribution in [0.25, 0.3) is 0 Å². The average molecular weight is 240 g/mol. The molecule has 0 spiro atoms. The van der Waals surface area contributed by atoms with Crippen molar-refractivity contribution in [3.8, 4) is 5.75 Å². The van der Waals surface area contributed by atoms with E-state index in [4.69, 9.17) is 9.94 Å². The van der Waals surface area contributed by atoms with Gasteiger partial charge < -0.3 is 9.94 Å². The van der Waals surface area contributed by atoms with E-state index in [9.17, 15) is 4.79 Å². The van der Waals surface area contributed by atoms with Crippen LogP contribution in [0.15, 0.2) is 17.1 Å². The average Bonchev–Trinajstić information content (AvgIpc) is 2.34. The molecule has 96 valence electrons. The lowest BCUT2D eigenvalue weighted by atomic mass is 10.0. The van der Waals surface area contributed by atoms with Gasteiger partial charge >= 0.3 is 5.56 Å². The molecule has 5 nitrogen and oxygen atoms in total. The largest absolute Gasteiger partial charge is 0.487 e. The fraction of sp³-hybridized carbons (Fsp3) is 0.667. The number of rotatable bonds is 7. The van der Waals surface area contributed by atoms with Gasteiger partial charge in [0.1, 0.15) is 0 Å². The second kappa shape index (κ2) is 6.93. The molecular formula is C12H20N2O3. The van der Waals surface area contributed by atoms with Crippen LogP contribution in [0, 0.1) is 5.92 Å². The lowest BCUT2D eigenvalue weighted by molar-refractivity contribution is 0.126. The molecule has 0 bridgehead atoms.